The number of hydrogen-bond acceptors (Lipinski definition) is 5. The quantitative estimate of drug-likeness (QED) is 0.517. The van der Waals surface area contributed by atoms with Crippen LogP contribution in [0.1, 0.15) is 26.3 Å². The maximum atomic E-state index is 12.6. The van der Waals surface area contributed by atoms with Crippen LogP contribution in [-0.4, -0.2) is 30.5 Å². The maximum Gasteiger partial charge on any atom is 0.255 e. The zero-order chi connectivity index (χ0) is 22.1. The summed E-state index contributed by atoms with van der Waals surface area (Å²) in [4.78, 5) is 28.8. The van der Waals surface area contributed by atoms with Gasteiger partial charge in [-0.25, -0.2) is 0 Å². The fourth-order valence-electron chi connectivity index (χ4n) is 2.83. The molecule has 2 aromatic carbocycles. The fourth-order valence-corrected chi connectivity index (χ4v) is 2.83. The Morgan fingerprint density at radius 1 is 1.00 bits per heavy atom. The molecule has 2 amide bonds. The highest BCUT2D eigenvalue weighted by Crippen LogP contribution is 2.28. The molecule has 1 heterocycles. The van der Waals surface area contributed by atoms with Crippen molar-refractivity contribution in [3.8, 4) is 11.5 Å². The molecule has 1 aromatic heterocycles. The van der Waals surface area contributed by atoms with Crippen molar-refractivity contribution in [1.82, 2.24) is 10.3 Å². The zero-order valence-corrected chi connectivity index (χ0v) is 17.1. The van der Waals surface area contributed by atoms with E-state index in [4.69, 9.17) is 9.47 Å². The Bertz CT molecular complexity index is 1070. The number of pyridine rings is 1. The van der Waals surface area contributed by atoms with E-state index in [1.165, 1.54) is 7.11 Å². The summed E-state index contributed by atoms with van der Waals surface area (Å²) >= 11 is 0. The number of anilines is 1. The highest BCUT2D eigenvalue weighted by molar-refractivity contribution is 6.04. The van der Waals surface area contributed by atoms with E-state index in [9.17, 15) is 9.59 Å². The normalized spacial score (nSPS) is 10.1. The van der Waals surface area contributed by atoms with Gasteiger partial charge in [0.25, 0.3) is 11.8 Å². The maximum absolute atomic E-state index is 12.6. The molecule has 2 N–H and O–H groups in total. The van der Waals surface area contributed by atoms with Crippen LogP contribution >= 0.6 is 0 Å². The van der Waals surface area contributed by atoms with Gasteiger partial charge >= 0.3 is 0 Å². The monoisotopic (exact) mass is 417 g/mol. The van der Waals surface area contributed by atoms with Crippen LogP contribution in [0.3, 0.4) is 0 Å². The number of carbonyl (C=O) groups excluding carboxylic acids is 2. The summed E-state index contributed by atoms with van der Waals surface area (Å²) in [6, 6.07) is 15.5. The predicted molar refractivity (Wildman–Crippen MR) is 118 cm³/mol. The molecule has 3 aromatic rings. The van der Waals surface area contributed by atoms with E-state index in [1.807, 2.05) is 18.2 Å². The van der Waals surface area contributed by atoms with Crippen molar-refractivity contribution in [2.24, 2.45) is 0 Å². The van der Waals surface area contributed by atoms with Crippen molar-refractivity contribution >= 4 is 17.5 Å². The minimum Gasteiger partial charge on any atom is -0.493 e. The Labute approximate surface area is 180 Å². The molecule has 0 aliphatic heterocycles. The van der Waals surface area contributed by atoms with E-state index < -0.39 is 0 Å². The number of benzene rings is 2. The number of nitrogens with one attached hydrogen (secondary N) is 2. The molecule has 3 rings (SSSR count). The number of rotatable bonds is 9. The molecule has 7 heteroatoms. The topological polar surface area (TPSA) is 89.6 Å². The van der Waals surface area contributed by atoms with Gasteiger partial charge in [-0.15, -0.1) is 0 Å². The van der Waals surface area contributed by atoms with Crippen LogP contribution in [0.25, 0.3) is 0 Å². The Hall–Kier alpha value is -4.13. The second-order valence-corrected chi connectivity index (χ2v) is 6.54. The van der Waals surface area contributed by atoms with Crippen molar-refractivity contribution < 1.29 is 19.1 Å². The summed E-state index contributed by atoms with van der Waals surface area (Å²) in [5.41, 5.74) is 2.45. The highest BCUT2D eigenvalue weighted by atomic mass is 16.5. The summed E-state index contributed by atoms with van der Waals surface area (Å²) in [7, 11) is 1.52. The van der Waals surface area contributed by atoms with Gasteiger partial charge in [0.05, 0.1) is 7.11 Å². The number of amides is 2. The number of carbonyl (C=O) groups is 2. The lowest BCUT2D eigenvalue weighted by Gasteiger charge is -2.12. The van der Waals surface area contributed by atoms with E-state index in [0.29, 0.717) is 41.5 Å². The van der Waals surface area contributed by atoms with Crippen molar-refractivity contribution in [2.45, 2.75) is 6.54 Å². The lowest BCUT2D eigenvalue weighted by atomic mass is 10.1. The van der Waals surface area contributed by atoms with Gasteiger partial charge in [0, 0.05) is 35.8 Å². The van der Waals surface area contributed by atoms with Crippen LogP contribution in [0.2, 0.25) is 0 Å². The molecule has 0 bridgehead atoms. The average Bonchev–Trinajstić information content (AvgIpc) is 2.81. The Balaban J connectivity index is 1.62. The Morgan fingerprint density at radius 2 is 1.81 bits per heavy atom. The molecular formula is C24H23N3O4. The molecule has 7 nitrogen and oxygen atoms in total. The van der Waals surface area contributed by atoms with Gasteiger partial charge < -0.3 is 20.1 Å². The SMILES string of the molecule is C=CCOc1ccc(C(=O)NCc2cccc(NC(=O)c3ccncc3)c2)cc1OC. The third-order valence-corrected chi connectivity index (χ3v) is 4.36. The summed E-state index contributed by atoms with van der Waals surface area (Å²) in [6.45, 7) is 4.26. The molecule has 0 saturated heterocycles. The third kappa shape index (κ3) is 5.93. The molecule has 0 aliphatic rings. The summed E-state index contributed by atoms with van der Waals surface area (Å²) in [6.07, 6.45) is 4.76. The largest absolute Gasteiger partial charge is 0.493 e. The molecule has 0 fully saturated rings. The predicted octanol–water partition coefficient (Wildman–Crippen LogP) is 3.84. The lowest BCUT2D eigenvalue weighted by Crippen LogP contribution is -2.23. The van der Waals surface area contributed by atoms with Crippen LogP contribution in [0.5, 0.6) is 11.5 Å². The van der Waals surface area contributed by atoms with Crippen LogP contribution < -0.4 is 20.1 Å². The molecule has 0 atom stereocenters. The summed E-state index contributed by atoms with van der Waals surface area (Å²) < 4.78 is 10.8. The first-order chi connectivity index (χ1) is 15.1. The van der Waals surface area contributed by atoms with Gasteiger partial charge in [-0.1, -0.05) is 24.8 Å². The van der Waals surface area contributed by atoms with Gasteiger partial charge in [-0.3, -0.25) is 14.6 Å². The fraction of sp³-hybridized carbons (Fsp3) is 0.125. The number of nitrogens with zero attached hydrogens (tertiary/aromatic N) is 1. The van der Waals surface area contributed by atoms with Crippen LogP contribution in [-0.2, 0) is 6.54 Å². The minimum absolute atomic E-state index is 0.227. The molecule has 0 spiro atoms. The molecular weight excluding hydrogens is 394 g/mol. The number of hydrogen-bond donors (Lipinski definition) is 2. The first-order valence-corrected chi connectivity index (χ1v) is 9.61. The molecule has 0 unspecified atom stereocenters. The lowest BCUT2D eigenvalue weighted by molar-refractivity contribution is 0.0949. The molecule has 0 saturated carbocycles. The van der Waals surface area contributed by atoms with E-state index in [1.54, 1.807) is 54.9 Å². The molecule has 158 valence electrons. The van der Waals surface area contributed by atoms with Crippen LogP contribution in [0.15, 0.2) is 79.6 Å². The van der Waals surface area contributed by atoms with Gasteiger partial charge in [-0.05, 0) is 48.0 Å². The number of aromatic nitrogens is 1. The van der Waals surface area contributed by atoms with Gasteiger partial charge in [0.15, 0.2) is 11.5 Å². The summed E-state index contributed by atoms with van der Waals surface area (Å²) in [5.74, 6) is 0.529. The van der Waals surface area contributed by atoms with Crippen molar-refractivity contribution in [3.05, 3.63) is 96.3 Å². The second-order valence-electron chi connectivity index (χ2n) is 6.54. The summed E-state index contributed by atoms with van der Waals surface area (Å²) in [5, 5.41) is 5.71. The third-order valence-electron chi connectivity index (χ3n) is 4.36. The van der Waals surface area contributed by atoms with Crippen LogP contribution in [0.4, 0.5) is 5.69 Å². The van der Waals surface area contributed by atoms with E-state index in [0.717, 1.165) is 5.56 Å². The van der Waals surface area contributed by atoms with Crippen LogP contribution in [0, 0.1) is 0 Å². The number of methoxy groups -OCH3 is 1. The standard InChI is InChI=1S/C24H23N3O4/c1-3-13-31-21-8-7-19(15-22(21)30-2)23(28)26-16-17-5-4-6-20(14-17)27-24(29)18-9-11-25-12-10-18/h3-12,14-15H,1,13,16H2,2H3,(H,26,28)(H,27,29). The average molecular weight is 417 g/mol. The first-order valence-electron chi connectivity index (χ1n) is 9.61. The molecule has 0 radical (unpaired) electrons. The van der Waals surface area contributed by atoms with Crippen molar-refractivity contribution in [1.29, 1.82) is 0 Å². The zero-order valence-electron chi connectivity index (χ0n) is 17.1. The first kappa shape index (κ1) is 21.6. The van der Waals surface area contributed by atoms with Crippen molar-refractivity contribution in [2.75, 3.05) is 19.0 Å². The van der Waals surface area contributed by atoms with E-state index in [2.05, 4.69) is 22.2 Å². The van der Waals surface area contributed by atoms with Gasteiger partial charge in [0.1, 0.15) is 6.61 Å². The second kappa shape index (κ2) is 10.6. The molecule has 31 heavy (non-hydrogen) atoms. The van der Waals surface area contributed by atoms with Gasteiger partial charge in [-0.2, -0.15) is 0 Å². The molecule has 0 aliphatic carbocycles. The van der Waals surface area contributed by atoms with Crippen molar-refractivity contribution in [3.63, 3.8) is 0 Å². The van der Waals surface area contributed by atoms with E-state index in [-0.39, 0.29) is 11.8 Å². The minimum atomic E-state index is -0.250. The van der Waals surface area contributed by atoms with E-state index >= 15 is 0 Å². The Morgan fingerprint density at radius 3 is 2.55 bits per heavy atom. The number of ether oxygens (including phenoxy) is 2. The highest BCUT2D eigenvalue weighted by Gasteiger charge is 2.11. The van der Waals surface area contributed by atoms with Gasteiger partial charge in [0.2, 0.25) is 0 Å². The Kier molecular flexibility index (Phi) is 7.37. The smallest absolute Gasteiger partial charge is 0.255 e.